The van der Waals surface area contributed by atoms with Gasteiger partial charge in [0.2, 0.25) is 11.2 Å². The molecule has 0 saturated heterocycles. The molecule has 0 N–H and O–H groups in total. The molecule has 30 heavy (non-hydrogen) atoms. The van der Waals surface area contributed by atoms with Gasteiger partial charge in [0, 0.05) is 11.1 Å². The molecule has 0 spiro atoms. The van der Waals surface area contributed by atoms with E-state index in [2.05, 4.69) is 0 Å². The van der Waals surface area contributed by atoms with Gasteiger partial charge in [-0.3, -0.25) is 4.79 Å². The average molecular weight is 423 g/mol. The number of halogens is 2. The minimum Gasteiger partial charge on any atom is -0.481 e. The largest absolute Gasteiger partial charge is 0.481 e. The van der Waals surface area contributed by atoms with Gasteiger partial charge in [-0.25, -0.2) is 4.39 Å². The van der Waals surface area contributed by atoms with Gasteiger partial charge in [-0.15, -0.1) is 0 Å². The van der Waals surface area contributed by atoms with Crippen molar-refractivity contribution >= 4 is 22.6 Å². The fraction of sp³-hybridized carbons (Fsp3) is 0.160. The molecule has 0 aliphatic rings. The Morgan fingerprint density at radius 1 is 1.00 bits per heavy atom. The van der Waals surface area contributed by atoms with E-state index in [9.17, 15) is 9.18 Å². The maximum absolute atomic E-state index is 14.2. The molecule has 3 nitrogen and oxygen atoms in total. The van der Waals surface area contributed by atoms with E-state index in [1.54, 1.807) is 12.1 Å². The molecule has 0 aliphatic carbocycles. The van der Waals surface area contributed by atoms with Crippen LogP contribution >= 0.6 is 11.6 Å². The van der Waals surface area contributed by atoms with E-state index in [0.717, 1.165) is 16.7 Å². The van der Waals surface area contributed by atoms with Crippen LogP contribution in [0.5, 0.6) is 5.75 Å². The van der Waals surface area contributed by atoms with E-state index in [4.69, 9.17) is 20.8 Å². The van der Waals surface area contributed by atoms with Gasteiger partial charge in [-0.2, -0.15) is 0 Å². The summed E-state index contributed by atoms with van der Waals surface area (Å²) in [5, 5.41) is 0.659. The summed E-state index contributed by atoms with van der Waals surface area (Å²) in [5.74, 6) is -0.145. The zero-order valence-corrected chi connectivity index (χ0v) is 17.6. The SMILES string of the molecule is Cc1ccc(-c2oc3cc(C)c(C)cc3c(=O)c2OCc2c(F)cccc2Cl)cc1. The van der Waals surface area contributed by atoms with Crippen molar-refractivity contribution in [1.29, 1.82) is 0 Å². The van der Waals surface area contributed by atoms with Crippen molar-refractivity contribution < 1.29 is 13.5 Å². The summed E-state index contributed by atoms with van der Waals surface area (Å²) in [7, 11) is 0. The Labute approximate surface area is 178 Å². The molecule has 3 aromatic carbocycles. The van der Waals surface area contributed by atoms with Crippen molar-refractivity contribution in [2.75, 3.05) is 0 Å². The lowest BCUT2D eigenvalue weighted by Gasteiger charge is -2.14. The summed E-state index contributed by atoms with van der Waals surface area (Å²) in [6.07, 6.45) is 0. The molecule has 152 valence electrons. The third-order valence-electron chi connectivity index (χ3n) is 5.20. The number of ether oxygens (including phenoxy) is 1. The second kappa shape index (κ2) is 7.96. The van der Waals surface area contributed by atoms with Crippen LogP contribution in [0.3, 0.4) is 0 Å². The maximum atomic E-state index is 14.2. The number of rotatable bonds is 4. The standard InChI is InChI=1S/C25H20ClFO3/c1-14-7-9-17(10-8-14)24-25(29-13-19-20(26)5-4-6-21(19)27)23(28)18-11-15(2)16(3)12-22(18)30-24/h4-12H,13H2,1-3H3. The van der Waals surface area contributed by atoms with Crippen LogP contribution in [0.2, 0.25) is 5.02 Å². The van der Waals surface area contributed by atoms with Crippen molar-refractivity contribution in [2.45, 2.75) is 27.4 Å². The van der Waals surface area contributed by atoms with Crippen LogP contribution in [0.1, 0.15) is 22.3 Å². The lowest BCUT2D eigenvalue weighted by Crippen LogP contribution is -2.11. The van der Waals surface area contributed by atoms with Crippen molar-refractivity contribution in [3.63, 3.8) is 0 Å². The monoisotopic (exact) mass is 422 g/mol. The third kappa shape index (κ3) is 3.71. The Morgan fingerprint density at radius 2 is 1.70 bits per heavy atom. The second-order valence-corrected chi connectivity index (χ2v) is 7.78. The lowest BCUT2D eigenvalue weighted by molar-refractivity contribution is 0.292. The smallest absolute Gasteiger partial charge is 0.235 e. The van der Waals surface area contributed by atoms with E-state index < -0.39 is 5.82 Å². The van der Waals surface area contributed by atoms with Crippen LogP contribution in [-0.4, -0.2) is 0 Å². The molecule has 0 unspecified atom stereocenters. The zero-order chi connectivity index (χ0) is 21.4. The summed E-state index contributed by atoms with van der Waals surface area (Å²) < 4.78 is 26.2. The van der Waals surface area contributed by atoms with Gasteiger partial charge in [0.05, 0.1) is 10.4 Å². The molecule has 0 bridgehead atoms. The quantitative estimate of drug-likeness (QED) is 0.365. The molecule has 4 rings (SSSR count). The van der Waals surface area contributed by atoms with E-state index >= 15 is 0 Å². The van der Waals surface area contributed by atoms with E-state index in [0.29, 0.717) is 22.3 Å². The first-order valence-corrected chi connectivity index (χ1v) is 9.93. The Hall–Kier alpha value is -3.11. The Kier molecular flexibility index (Phi) is 5.35. The van der Waals surface area contributed by atoms with Crippen LogP contribution in [0.4, 0.5) is 4.39 Å². The minimum absolute atomic E-state index is 0.0360. The Balaban J connectivity index is 1.90. The lowest BCUT2D eigenvalue weighted by atomic mass is 10.0. The zero-order valence-electron chi connectivity index (χ0n) is 16.9. The fourth-order valence-corrected chi connectivity index (χ4v) is 3.49. The van der Waals surface area contributed by atoms with Gasteiger partial charge >= 0.3 is 0 Å². The summed E-state index contributed by atoms with van der Waals surface area (Å²) in [5.41, 5.74) is 4.14. The third-order valence-corrected chi connectivity index (χ3v) is 5.56. The summed E-state index contributed by atoms with van der Waals surface area (Å²) >= 11 is 6.12. The first-order valence-electron chi connectivity index (χ1n) is 9.56. The average Bonchev–Trinajstić information content (AvgIpc) is 2.71. The molecule has 5 heteroatoms. The second-order valence-electron chi connectivity index (χ2n) is 7.38. The number of aryl methyl sites for hydroxylation is 3. The first-order chi connectivity index (χ1) is 14.3. The molecule has 0 aliphatic heterocycles. The molecule has 0 fully saturated rings. The Bertz CT molecular complexity index is 1290. The molecule has 4 aromatic rings. The predicted octanol–water partition coefficient (Wildman–Crippen LogP) is 6.76. The first kappa shape index (κ1) is 20.2. The van der Waals surface area contributed by atoms with Crippen LogP contribution < -0.4 is 10.2 Å². The van der Waals surface area contributed by atoms with Crippen molar-refractivity contribution in [2.24, 2.45) is 0 Å². The van der Waals surface area contributed by atoms with Crippen molar-refractivity contribution in [3.05, 3.63) is 97.9 Å². The fourth-order valence-electron chi connectivity index (χ4n) is 3.27. The van der Waals surface area contributed by atoms with Gasteiger partial charge in [0.1, 0.15) is 18.0 Å². The van der Waals surface area contributed by atoms with Crippen LogP contribution in [-0.2, 0) is 6.61 Å². The molecule has 1 heterocycles. The summed E-state index contributed by atoms with van der Waals surface area (Å²) in [6.45, 7) is 5.68. The van der Waals surface area contributed by atoms with Crippen LogP contribution in [0.15, 0.2) is 63.8 Å². The van der Waals surface area contributed by atoms with Gasteiger partial charge in [0.15, 0.2) is 5.76 Å². The van der Waals surface area contributed by atoms with Crippen molar-refractivity contribution in [1.82, 2.24) is 0 Å². The maximum Gasteiger partial charge on any atom is 0.235 e. The highest BCUT2D eigenvalue weighted by atomic mass is 35.5. The molecule has 0 saturated carbocycles. The number of hydrogen-bond acceptors (Lipinski definition) is 3. The normalized spacial score (nSPS) is 11.1. The summed E-state index contributed by atoms with van der Waals surface area (Å²) in [6, 6.07) is 15.6. The summed E-state index contributed by atoms with van der Waals surface area (Å²) in [4.78, 5) is 13.3. The molecular formula is C25H20ClFO3. The topological polar surface area (TPSA) is 39.4 Å². The predicted molar refractivity (Wildman–Crippen MR) is 118 cm³/mol. The molecule has 0 radical (unpaired) electrons. The number of hydrogen-bond donors (Lipinski definition) is 0. The number of benzene rings is 3. The van der Waals surface area contributed by atoms with E-state index in [1.807, 2.05) is 51.1 Å². The van der Waals surface area contributed by atoms with Gasteiger partial charge in [-0.1, -0.05) is 47.5 Å². The molecular weight excluding hydrogens is 403 g/mol. The van der Waals surface area contributed by atoms with Gasteiger partial charge in [0.25, 0.3) is 0 Å². The van der Waals surface area contributed by atoms with E-state index in [1.165, 1.54) is 12.1 Å². The highest BCUT2D eigenvalue weighted by Gasteiger charge is 2.20. The molecule has 0 amide bonds. The van der Waals surface area contributed by atoms with Crippen molar-refractivity contribution in [3.8, 4) is 17.1 Å². The molecule has 0 atom stereocenters. The van der Waals surface area contributed by atoms with Gasteiger partial charge < -0.3 is 9.15 Å². The van der Waals surface area contributed by atoms with Crippen LogP contribution in [0.25, 0.3) is 22.3 Å². The van der Waals surface area contributed by atoms with E-state index in [-0.39, 0.29) is 28.4 Å². The highest BCUT2D eigenvalue weighted by molar-refractivity contribution is 6.31. The minimum atomic E-state index is -0.490. The Morgan fingerprint density at radius 3 is 2.40 bits per heavy atom. The van der Waals surface area contributed by atoms with Gasteiger partial charge in [-0.05, 0) is 56.2 Å². The highest BCUT2D eigenvalue weighted by Crippen LogP contribution is 2.33. The van der Waals surface area contributed by atoms with Crippen LogP contribution in [0, 0.1) is 26.6 Å². The number of fused-ring (bicyclic) bond motifs is 1. The molecule has 1 aromatic heterocycles.